The molecule has 0 spiro atoms. The van der Waals surface area contributed by atoms with Crippen LogP contribution in [0.4, 0.5) is 4.39 Å². The summed E-state index contributed by atoms with van der Waals surface area (Å²) in [5.41, 5.74) is 2.09. The van der Waals surface area contributed by atoms with Crippen LogP contribution in [0.5, 0.6) is 0 Å². The molecule has 20 heavy (non-hydrogen) atoms. The number of benzene rings is 1. The van der Waals surface area contributed by atoms with Gasteiger partial charge in [-0.25, -0.2) is 4.39 Å². The molecular weight excluding hydrogens is 255 g/mol. The Morgan fingerprint density at radius 1 is 1.30 bits per heavy atom. The third-order valence-corrected chi connectivity index (χ3v) is 3.14. The summed E-state index contributed by atoms with van der Waals surface area (Å²) >= 11 is 0. The number of carbonyl (C=O) groups is 1. The number of pyridine rings is 1. The quantitative estimate of drug-likeness (QED) is 0.909. The van der Waals surface area contributed by atoms with Crippen LogP contribution in [0.1, 0.15) is 24.0 Å². The average Bonchev–Trinajstić information content (AvgIpc) is 2.45. The fourth-order valence-corrected chi connectivity index (χ4v) is 2.11. The topological polar surface area (TPSA) is 42.0 Å². The van der Waals surface area contributed by atoms with Crippen molar-refractivity contribution in [2.24, 2.45) is 0 Å². The number of carbonyl (C=O) groups excluding carboxylic acids is 1. The van der Waals surface area contributed by atoms with Crippen LogP contribution in [0.15, 0.2) is 48.8 Å². The number of rotatable bonds is 5. The van der Waals surface area contributed by atoms with E-state index in [0.717, 1.165) is 17.5 Å². The van der Waals surface area contributed by atoms with Crippen molar-refractivity contribution in [1.82, 2.24) is 10.3 Å². The standard InChI is InChI=1S/C16H17FN2O/c1-12(20)19-11-15(9-13-3-2-8-18-10-13)14-4-6-16(17)7-5-14/h2-8,10,15H,9,11H2,1H3,(H,19,20). The third kappa shape index (κ3) is 4.16. The molecule has 0 fully saturated rings. The molecule has 4 heteroatoms. The van der Waals surface area contributed by atoms with E-state index in [-0.39, 0.29) is 17.6 Å². The van der Waals surface area contributed by atoms with Gasteiger partial charge >= 0.3 is 0 Å². The average molecular weight is 272 g/mol. The van der Waals surface area contributed by atoms with E-state index in [2.05, 4.69) is 10.3 Å². The van der Waals surface area contributed by atoms with E-state index in [1.165, 1.54) is 19.1 Å². The molecule has 0 aliphatic rings. The summed E-state index contributed by atoms with van der Waals surface area (Å²) in [5.74, 6) is -0.222. The summed E-state index contributed by atoms with van der Waals surface area (Å²) in [4.78, 5) is 15.2. The van der Waals surface area contributed by atoms with Crippen molar-refractivity contribution in [1.29, 1.82) is 0 Å². The van der Waals surface area contributed by atoms with Crippen LogP contribution >= 0.6 is 0 Å². The van der Waals surface area contributed by atoms with Gasteiger partial charge in [0.05, 0.1) is 0 Å². The normalized spacial score (nSPS) is 11.9. The Morgan fingerprint density at radius 3 is 2.65 bits per heavy atom. The van der Waals surface area contributed by atoms with Gasteiger partial charge in [0.25, 0.3) is 0 Å². The minimum atomic E-state index is -0.256. The van der Waals surface area contributed by atoms with Crippen LogP contribution in [-0.2, 0) is 11.2 Å². The van der Waals surface area contributed by atoms with Gasteiger partial charge in [0, 0.05) is 31.8 Å². The van der Waals surface area contributed by atoms with Crippen molar-refractivity contribution in [3.8, 4) is 0 Å². The second kappa shape index (κ2) is 6.80. The van der Waals surface area contributed by atoms with Gasteiger partial charge in [0.2, 0.25) is 5.91 Å². The molecule has 0 saturated carbocycles. The van der Waals surface area contributed by atoms with Crippen LogP contribution < -0.4 is 5.32 Å². The van der Waals surface area contributed by atoms with Gasteiger partial charge in [-0.05, 0) is 35.7 Å². The van der Waals surface area contributed by atoms with Crippen LogP contribution in [-0.4, -0.2) is 17.4 Å². The molecule has 2 rings (SSSR count). The van der Waals surface area contributed by atoms with Gasteiger partial charge in [-0.15, -0.1) is 0 Å². The summed E-state index contributed by atoms with van der Waals surface area (Å²) in [6, 6.07) is 10.3. The molecule has 2 aromatic rings. The molecule has 0 aliphatic heterocycles. The second-order valence-electron chi connectivity index (χ2n) is 4.75. The zero-order valence-electron chi connectivity index (χ0n) is 11.3. The Hall–Kier alpha value is -2.23. The third-order valence-electron chi connectivity index (χ3n) is 3.14. The van der Waals surface area contributed by atoms with Crippen LogP contribution in [0.3, 0.4) is 0 Å². The van der Waals surface area contributed by atoms with Crippen molar-refractivity contribution < 1.29 is 9.18 Å². The number of nitrogens with one attached hydrogen (secondary N) is 1. The van der Waals surface area contributed by atoms with E-state index >= 15 is 0 Å². The number of hydrogen-bond donors (Lipinski definition) is 1. The predicted octanol–water partition coefficient (Wildman–Crippen LogP) is 2.68. The Balaban J connectivity index is 2.15. The number of nitrogens with zero attached hydrogens (tertiary/aromatic N) is 1. The monoisotopic (exact) mass is 272 g/mol. The molecular formula is C16H17FN2O. The zero-order valence-corrected chi connectivity index (χ0v) is 11.3. The molecule has 1 heterocycles. The molecule has 1 aromatic heterocycles. The van der Waals surface area contributed by atoms with E-state index in [0.29, 0.717) is 6.54 Å². The minimum Gasteiger partial charge on any atom is -0.356 e. The van der Waals surface area contributed by atoms with Crippen molar-refractivity contribution in [3.63, 3.8) is 0 Å². The number of hydrogen-bond acceptors (Lipinski definition) is 2. The fraction of sp³-hybridized carbons (Fsp3) is 0.250. The molecule has 1 atom stereocenters. The maximum atomic E-state index is 13.0. The van der Waals surface area contributed by atoms with Gasteiger partial charge in [-0.2, -0.15) is 0 Å². The van der Waals surface area contributed by atoms with E-state index < -0.39 is 0 Å². The number of amides is 1. The highest BCUT2D eigenvalue weighted by atomic mass is 19.1. The number of aromatic nitrogens is 1. The van der Waals surface area contributed by atoms with Crippen molar-refractivity contribution in [2.75, 3.05) is 6.54 Å². The van der Waals surface area contributed by atoms with Gasteiger partial charge in [-0.1, -0.05) is 18.2 Å². The van der Waals surface area contributed by atoms with Crippen LogP contribution in [0, 0.1) is 5.82 Å². The molecule has 1 N–H and O–H groups in total. The highest BCUT2D eigenvalue weighted by molar-refractivity contribution is 5.72. The largest absolute Gasteiger partial charge is 0.356 e. The lowest BCUT2D eigenvalue weighted by Gasteiger charge is -2.17. The molecule has 0 bridgehead atoms. The molecule has 1 aromatic carbocycles. The predicted molar refractivity (Wildman–Crippen MR) is 75.8 cm³/mol. The summed E-state index contributed by atoms with van der Waals surface area (Å²) in [6.45, 7) is 2.02. The Kier molecular flexibility index (Phi) is 4.82. The number of halogens is 1. The molecule has 0 radical (unpaired) electrons. The molecule has 0 aliphatic carbocycles. The molecule has 1 unspecified atom stereocenters. The molecule has 1 amide bonds. The summed E-state index contributed by atoms with van der Waals surface area (Å²) in [6.07, 6.45) is 4.29. The Labute approximate surface area is 117 Å². The van der Waals surface area contributed by atoms with Crippen LogP contribution in [0.25, 0.3) is 0 Å². The minimum absolute atomic E-state index is 0.0664. The van der Waals surface area contributed by atoms with E-state index in [1.807, 2.05) is 18.3 Å². The first-order chi connectivity index (χ1) is 9.65. The smallest absolute Gasteiger partial charge is 0.216 e. The Morgan fingerprint density at radius 2 is 2.05 bits per heavy atom. The van der Waals surface area contributed by atoms with Gasteiger partial charge in [0.1, 0.15) is 5.82 Å². The van der Waals surface area contributed by atoms with Crippen molar-refractivity contribution >= 4 is 5.91 Å². The van der Waals surface area contributed by atoms with Crippen molar-refractivity contribution in [3.05, 3.63) is 65.7 Å². The fourth-order valence-electron chi connectivity index (χ4n) is 2.11. The maximum Gasteiger partial charge on any atom is 0.216 e. The summed E-state index contributed by atoms with van der Waals surface area (Å²) in [5, 5.41) is 2.83. The first-order valence-corrected chi connectivity index (χ1v) is 6.54. The lowest BCUT2D eigenvalue weighted by molar-refractivity contribution is -0.119. The molecule has 104 valence electrons. The summed E-state index contributed by atoms with van der Waals surface area (Å²) < 4.78 is 13.0. The van der Waals surface area contributed by atoms with Gasteiger partial charge in [0.15, 0.2) is 0 Å². The first kappa shape index (κ1) is 14.2. The van der Waals surface area contributed by atoms with Gasteiger partial charge < -0.3 is 5.32 Å². The van der Waals surface area contributed by atoms with Gasteiger partial charge in [-0.3, -0.25) is 9.78 Å². The highest BCUT2D eigenvalue weighted by Gasteiger charge is 2.13. The van der Waals surface area contributed by atoms with E-state index in [1.54, 1.807) is 18.3 Å². The molecule has 0 saturated heterocycles. The lowest BCUT2D eigenvalue weighted by Crippen LogP contribution is -2.27. The Bertz CT molecular complexity index is 554. The second-order valence-corrected chi connectivity index (χ2v) is 4.75. The van der Waals surface area contributed by atoms with E-state index in [4.69, 9.17) is 0 Å². The van der Waals surface area contributed by atoms with Crippen LogP contribution in [0.2, 0.25) is 0 Å². The first-order valence-electron chi connectivity index (χ1n) is 6.54. The highest BCUT2D eigenvalue weighted by Crippen LogP contribution is 2.20. The maximum absolute atomic E-state index is 13.0. The lowest BCUT2D eigenvalue weighted by atomic mass is 9.92. The van der Waals surface area contributed by atoms with Crippen molar-refractivity contribution in [2.45, 2.75) is 19.3 Å². The summed E-state index contributed by atoms with van der Waals surface area (Å²) in [7, 11) is 0. The molecule has 3 nitrogen and oxygen atoms in total. The zero-order chi connectivity index (χ0) is 14.4. The van der Waals surface area contributed by atoms with E-state index in [9.17, 15) is 9.18 Å². The SMILES string of the molecule is CC(=O)NCC(Cc1cccnc1)c1ccc(F)cc1.